The minimum atomic E-state index is -0.389. The van der Waals surface area contributed by atoms with Gasteiger partial charge in [-0.25, -0.2) is 0 Å². The summed E-state index contributed by atoms with van der Waals surface area (Å²) in [5.74, 6) is 0. The Bertz CT molecular complexity index is 473. The van der Waals surface area contributed by atoms with Crippen LogP contribution in [0.4, 0.5) is 11.4 Å². The van der Waals surface area contributed by atoms with Crippen LogP contribution in [0.25, 0.3) is 0 Å². The van der Waals surface area contributed by atoms with Gasteiger partial charge < -0.3 is 10.6 Å². The molecule has 0 aliphatic carbocycles. The number of piperidine rings is 1. The zero-order chi connectivity index (χ0) is 13.9. The summed E-state index contributed by atoms with van der Waals surface area (Å²) >= 11 is 5.90. The van der Waals surface area contributed by atoms with E-state index in [1.165, 1.54) is 12.1 Å². The Balaban J connectivity index is 2.10. The topological polar surface area (TPSA) is 67.2 Å². The second-order valence-electron chi connectivity index (χ2n) is 5.36. The maximum absolute atomic E-state index is 11.0. The smallest absolute Gasteiger partial charge is 0.292 e. The molecule has 5 nitrogen and oxygen atoms in total. The molecule has 1 aliphatic heterocycles. The van der Waals surface area contributed by atoms with Gasteiger partial charge in [-0.3, -0.25) is 10.1 Å². The van der Waals surface area contributed by atoms with Gasteiger partial charge in [-0.05, 0) is 36.9 Å². The van der Waals surface area contributed by atoms with Gasteiger partial charge in [0.15, 0.2) is 0 Å². The van der Waals surface area contributed by atoms with Crippen molar-refractivity contribution in [1.82, 2.24) is 5.32 Å². The molecule has 0 aromatic heterocycles. The summed E-state index contributed by atoms with van der Waals surface area (Å²) in [5.41, 5.74) is 0.676. The summed E-state index contributed by atoms with van der Waals surface area (Å²) in [5, 5.41) is 18.0. The first-order valence-corrected chi connectivity index (χ1v) is 6.77. The van der Waals surface area contributed by atoms with Crippen molar-refractivity contribution in [3.05, 3.63) is 33.3 Å². The third-order valence-electron chi connectivity index (χ3n) is 3.55. The van der Waals surface area contributed by atoms with Crippen LogP contribution >= 0.6 is 11.6 Å². The summed E-state index contributed by atoms with van der Waals surface area (Å²) in [7, 11) is 0. The lowest BCUT2D eigenvalue weighted by atomic mass is 9.83. The summed E-state index contributed by atoms with van der Waals surface area (Å²) in [6.45, 7) is 4.85. The number of nitro groups is 1. The van der Waals surface area contributed by atoms with E-state index >= 15 is 0 Å². The fraction of sp³-hybridized carbons (Fsp3) is 0.538. The Morgan fingerprint density at radius 3 is 3.00 bits per heavy atom. The predicted octanol–water partition coefficient (Wildman–Crippen LogP) is 3.05. The molecule has 1 unspecified atom stereocenters. The lowest BCUT2D eigenvalue weighted by Gasteiger charge is -2.34. The summed E-state index contributed by atoms with van der Waals surface area (Å²) < 4.78 is 0. The fourth-order valence-corrected chi connectivity index (χ4v) is 2.56. The maximum atomic E-state index is 11.0. The lowest BCUT2D eigenvalue weighted by molar-refractivity contribution is -0.384. The van der Waals surface area contributed by atoms with E-state index in [9.17, 15) is 10.1 Å². The number of nitrogens with one attached hydrogen (secondary N) is 2. The molecule has 0 spiro atoms. The van der Waals surface area contributed by atoms with E-state index in [0.717, 1.165) is 25.9 Å². The first kappa shape index (κ1) is 14.1. The van der Waals surface area contributed by atoms with Crippen LogP contribution in [0, 0.1) is 15.5 Å². The Morgan fingerprint density at radius 2 is 2.37 bits per heavy atom. The quantitative estimate of drug-likeness (QED) is 0.658. The van der Waals surface area contributed by atoms with Gasteiger partial charge in [0.1, 0.15) is 5.69 Å². The zero-order valence-corrected chi connectivity index (χ0v) is 11.7. The van der Waals surface area contributed by atoms with Crippen LogP contribution in [0.3, 0.4) is 0 Å². The van der Waals surface area contributed by atoms with E-state index in [1.807, 2.05) is 0 Å². The van der Waals surface area contributed by atoms with Crippen LogP contribution in [0.15, 0.2) is 18.2 Å². The molecule has 1 atom stereocenters. The van der Waals surface area contributed by atoms with Crippen LogP contribution in [0.1, 0.15) is 19.8 Å². The Kier molecular flexibility index (Phi) is 4.27. The third kappa shape index (κ3) is 3.58. The van der Waals surface area contributed by atoms with Crippen LogP contribution in [0.2, 0.25) is 5.02 Å². The summed E-state index contributed by atoms with van der Waals surface area (Å²) in [6, 6.07) is 4.58. The highest BCUT2D eigenvalue weighted by Crippen LogP contribution is 2.31. The van der Waals surface area contributed by atoms with Gasteiger partial charge in [0.05, 0.1) is 4.92 Å². The van der Waals surface area contributed by atoms with Gasteiger partial charge in [-0.2, -0.15) is 0 Å². The first-order valence-electron chi connectivity index (χ1n) is 6.39. The second kappa shape index (κ2) is 5.75. The lowest BCUT2D eigenvalue weighted by Crippen LogP contribution is -2.42. The van der Waals surface area contributed by atoms with E-state index in [0.29, 0.717) is 17.3 Å². The van der Waals surface area contributed by atoms with Gasteiger partial charge >= 0.3 is 0 Å². The van der Waals surface area contributed by atoms with Crippen molar-refractivity contribution >= 4 is 23.0 Å². The third-order valence-corrected chi connectivity index (χ3v) is 3.78. The van der Waals surface area contributed by atoms with E-state index < -0.39 is 0 Å². The molecule has 1 saturated heterocycles. The molecule has 2 N–H and O–H groups in total. The zero-order valence-electron chi connectivity index (χ0n) is 10.9. The van der Waals surface area contributed by atoms with Crippen molar-refractivity contribution in [2.24, 2.45) is 5.41 Å². The monoisotopic (exact) mass is 283 g/mol. The molecule has 0 amide bonds. The van der Waals surface area contributed by atoms with Gasteiger partial charge in [-0.1, -0.05) is 18.5 Å². The minimum absolute atomic E-state index is 0.0665. The molecular weight excluding hydrogens is 266 g/mol. The van der Waals surface area contributed by atoms with Crippen LogP contribution in [-0.2, 0) is 0 Å². The second-order valence-corrected chi connectivity index (χ2v) is 5.80. The van der Waals surface area contributed by atoms with E-state index in [1.54, 1.807) is 6.07 Å². The molecule has 1 aromatic carbocycles. The van der Waals surface area contributed by atoms with Crippen LogP contribution < -0.4 is 10.6 Å². The van der Waals surface area contributed by atoms with E-state index in [-0.39, 0.29) is 16.0 Å². The predicted molar refractivity (Wildman–Crippen MR) is 76.8 cm³/mol. The van der Waals surface area contributed by atoms with Crippen molar-refractivity contribution in [2.75, 3.05) is 25.0 Å². The van der Waals surface area contributed by atoms with Crippen molar-refractivity contribution in [2.45, 2.75) is 19.8 Å². The number of nitrogens with zero attached hydrogens (tertiary/aromatic N) is 1. The highest BCUT2D eigenvalue weighted by Gasteiger charge is 2.27. The summed E-state index contributed by atoms with van der Waals surface area (Å²) in [6.07, 6.45) is 2.25. The molecule has 6 heteroatoms. The number of hydrogen-bond acceptors (Lipinski definition) is 4. The number of nitro benzene ring substituents is 1. The molecule has 1 heterocycles. The molecule has 1 aliphatic rings. The number of hydrogen-bond donors (Lipinski definition) is 2. The van der Waals surface area contributed by atoms with Gasteiger partial charge in [0.2, 0.25) is 0 Å². The number of anilines is 1. The SMILES string of the molecule is CC1(CNc2cc(Cl)ccc2[N+](=O)[O-])CCCNC1. The molecule has 0 radical (unpaired) electrons. The Hall–Kier alpha value is -1.33. The van der Waals surface area contributed by atoms with E-state index in [2.05, 4.69) is 17.6 Å². The van der Waals surface area contributed by atoms with Crippen LogP contribution in [0.5, 0.6) is 0 Å². The normalized spacial score (nSPS) is 23.1. The van der Waals surface area contributed by atoms with Crippen molar-refractivity contribution in [1.29, 1.82) is 0 Å². The molecule has 2 rings (SSSR count). The van der Waals surface area contributed by atoms with E-state index in [4.69, 9.17) is 11.6 Å². The average Bonchev–Trinajstić information content (AvgIpc) is 2.37. The fourth-order valence-electron chi connectivity index (χ4n) is 2.39. The highest BCUT2D eigenvalue weighted by molar-refractivity contribution is 6.31. The molecule has 1 fully saturated rings. The standard InChI is InChI=1S/C13H18ClN3O2/c1-13(5-2-6-15-8-13)9-16-11-7-10(14)3-4-12(11)17(18)19/h3-4,7,15-16H,2,5-6,8-9H2,1H3. The molecule has 0 saturated carbocycles. The molecule has 19 heavy (non-hydrogen) atoms. The minimum Gasteiger partial charge on any atom is -0.379 e. The molecule has 1 aromatic rings. The first-order chi connectivity index (χ1) is 9.00. The Morgan fingerprint density at radius 1 is 1.58 bits per heavy atom. The number of halogens is 1. The highest BCUT2D eigenvalue weighted by atomic mass is 35.5. The number of benzene rings is 1. The van der Waals surface area contributed by atoms with Crippen molar-refractivity contribution in [3.63, 3.8) is 0 Å². The Labute approximate surface area is 117 Å². The summed E-state index contributed by atoms with van der Waals surface area (Å²) in [4.78, 5) is 10.6. The van der Waals surface area contributed by atoms with Gasteiger partial charge in [-0.15, -0.1) is 0 Å². The van der Waals surface area contributed by atoms with Crippen molar-refractivity contribution < 1.29 is 4.92 Å². The molecule has 0 bridgehead atoms. The molecular formula is C13H18ClN3O2. The van der Waals surface area contributed by atoms with Gasteiger partial charge in [0.25, 0.3) is 5.69 Å². The average molecular weight is 284 g/mol. The molecule has 104 valence electrons. The van der Waals surface area contributed by atoms with Crippen molar-refractivity contribution in [3.8, 4) is 0 Å². The maximum Gasteiger partial charge on any atom is 0.292 e. The van der Waals surface area contributed by atoms with Crippen LogP contribution in [-0.4, -0.2) is 24.6 Å². The van der Waals surface area contributed by atoms with Gasteiger partial charge in [0, 0.05) is 24.2 Å². The largest absolute Gasteiger partial charge is 0.379 e. The number of rotatable bonds is 4.